The lowest BCUT2D eigenvalue weighted by Crippen LogP contribution is -2.26. The molecule has 0 fully saturated rings. The van der Waals surface area contributed by atoms with Crippen molar-refractivity contribution in [2.75, 3.05) is 7.05 Å². The number of benzene rings is 1. The number of hydrogen-bond acceptors (Lipinski definition) is 4. The third-order valence-electron chi connectivity index (χ3n) is 5.92. The van der Waals surface area contributed by atoms with Gasteiger partial charge in [-0.25, -0.2) is 4.98 Å². The summed E-state index contributed by atoms with van der Waals surface area (Å²) in [5, 5.41) is 0.833. The van der Waals surface area contributed by atoms with E-state index in [1.807, 2.05) is 0 Å². The molecule has 1 N–H and O–H groups in total. The quantitative estimate of drug-likeness (QED) is 0.718. The maximum Gasteiger partial charge on any atom is 0.259 e. The maximum atomic E-state index is 12.8. The SMILES string of the molecule is Cc1ccccc1CN(C)[C@H](C)c1nc2sc3c(c2c(=O)[nH]1)CC[C@@H](C)C3. The van der Waals surface area contributed by atoms with Gasteiger partial charge < -0.3 is 4.98 Å². The van der Waals surface area contributed by atoms with Gasteiger partial charge in [-0.3, -0.25) is 9.69 Å². The van der Waals surface area contributed by atoms with Crippen LogP contribution in [0.25, 0.3) is 10.2 Å². The Bertz CT molecular complexity index is 1040. The van der Waals surface area contributed by atoms with Crippen LogP contribution in [0.5, 0.6) is 0 Å². The van der Waals surface area contributed by atoms with Gasteiger partial charge in [-0.1, -0.05) is 31.2 Å². The van der Waals surface area contributed by atoms with Crippen molar-refractivity contribution in [3.8, 4) is 0 Å². The van der Waals surface area contributed by atoms with E-state index in [1.54, 1.807) is 11.3 Å². The molecule has 4 nitrogen and oxygen atoms in total. The van der Waals surface area contributed by atoms with Crippen molar-refractivity contribution in [1.29, 1.82) is 0 Å². The summed E-state index contributed by atoms with van der Waals surface area (Å²) in [6, 6.07) is 8.47. The van der Waals surface area contributed by atoms with Crippen LogP contribution in [0.4, 0.5) is 0 Å². The van der Waals surface area contributed by atoms with Crippen LogP contribution in [0.3, 0.4) is 0 Å². The highest BCUT2D eigenvalue weighted by atomic mass is 32.1. The van der Waals surface area contributed by atoms with Gasteiger partial charge in [0.2, 0.25) is 0 Å². The first-order valence-corrected chi connectivity index (χ1v) is 10.5. The summed E-state index contributed by atoms with van der Waals surface area (Å²) in [5.41, 5.74) is 3.86. The summed E-state index contributed by atoms with van der Waals surface area (Å²) in [7, 11) is 2.09. The number of rotatable bonds is 4. The predicted molar refractivity (Wildman–Crippen MR) is 112 cm³/mol. The summed E-state index contributed by atoms with van der Waals surface area (Å²) >= 11 is 1.72. The maximum absolute atomic E-state index is 12.8. The molecule has 0 unspecified atom stereocenters. The number of aryl methyl sites for hydroxylation is 2. The van der Waals surface area contributed by atoms with Crippen molar-refractivity contribution in [3.63, 3.8) is 0 Å². The van der Waals surface area contributed by atoms with E-state index in [1.165, 1.54) is 21.6 Å². The average Bonchev–Trinajstić information content (AvgIpc) is 3.00. The Kier molecular flexibility index (Phi) is 4.91. The lowest BCUT2D eigenvalue weighted by Gasteiger charge is -2.24. The van der Waals surface area contributed by atoms with E-state index in [2.05, 4.69) is 62.0 Å². The van der Waals surface area contributed by atoms with Crippen LogP contribution in [0.2, 0.25) is 0 Å². The molecule has 0 saturated carbocycles. The lowest BCUT2D eigenvalue weighted by molar-refractivity contribution is 0.243. The van der Waals surface area contributed by atoms with E-state index < -0.39 is 0 Å². The van der Waals surface area contributed by atoms with E-state index in [9.17, 15) is 4.79 Å². The van der Waals surface area contributed by atoms with Gasteiger partial charge in [0.25, 0.3) is 5.56 Å². The molecule has 2 heterocycles. The molecule has 1 aromatic carbocycles. The summed E-state index contributed by atoms with van der Waals surface area (Å²) in [4.78, 5) is 25.3. The molecule has 0 spiro atoms. The van der Waals surface area contributed by atoms with Gasteiger partial charge in [-0.15, -0.1) is 11.3 Å². The molecule has 27 heavy (non-hydrogen) atoms. The minimum Gasteiger partial charge on any atom is -0.309 e. The Hall–Kier alpha value is -1.98. The monoisotopic (exact) mass is 381 g/mol. The second-order valence-electron chi connectivity index (χ2n) is 8.00. The molecule has 2 aromatic heterocycles. The highest BCUT2D eigenvalue weighted by molar-refractivity contribution is 7.18. The van der Waals surface area contributed by atoms with Crippen LogP contribution in [0.15, 0.2) is 29.1 Å². The van der Waals surface area contributed by atoms with E-state index in [-0.39, 0.29) is 11.6 Å². The summed E-state index contributed by atoms with van der Waals surface area (Å²) in [5.74, 6) is 1.46. The van der Waals surface area contributed by atoms with Gasteiger partial charge in [0.15, 0.2) is 0 Å². The minimum absolute atomic E-state index is 0.0261. The van der Waals surface area contributed by atoms with Crippen molar-refractivity contribution in [1.82, 2.24) is 14.9 Å². The molecular formula is C22H27N3OS. The highest BCUT2D eigenvalue weighted by Gasteiger charge is 2.24. The lowest BCUT2D eigenvalue weighted by atomic mass is 9.89. The molecule has 2 atom stereocenters. The number of thiophene rings is 1. The summed E-state index contributed by atoms with van der Waals surface area (Å²) in [6.45, 7) is 7.36. The second-order valence-corrected chi connectivity index (χ2v) is 9.08. The predicted octanol–water partition coefficient (Wildman–Crippen LogP) is 4.61. The fraction of sp³-hybridized carbons (Fsp3) is 0.455. The van der Waals surface area contributed by atoms with Gasteiger partial charge >= 0.3 is 0 Å². The van der Waals surface area contributed by atoms with Crippen LogP contribution < -0.4 is 5.56 Å². The van der Waals surface area contributed by atoms with Gasteiger partial charge in [0.05, 0.1) is 11.4 Å². The second kappa shape index (κ2) is 7.21. The fourth-order valence-corrected chi connectivity index (χ4v) is 5.36. The van der Waals surface area contributed by atoms with Crippen molar-refractivity contribution in [2.24, 2.45) is 5.92 Å². The molecular weight excluding hydrogens is 354 g/mol. The number of H-pyrrole nitrogens is 1. The zero-order chi connectivity index (χ0) is 19.1. The van der Waals surface area contributed by atoms with Crippen molar-refractivity contribution >= 4 is 21.6 Å². The molecule has 0 aliphatic heterocycles. The zero-order valence-electron chi connectivity index (χ0n) is 16.5. The number of nitrogens with zero attached hydrogens (tertiary/aromatic N) is 2. The first kappa shape index (κ1) is 18.4. The van der Waals surface area contributed by atoms with E-state index >= 15 is 0 Å². The number of hydrogen-bond donors (Lipinski definition) is 1. The summed E-state index contributed by atoms with van der Waals surface area (Å²) < 4.78 is 0. The standard InChI is InChI=1S/C22H27N3OS/c1-13-9-10-17-18(11-13)27-22-19(17)21(26)23-20(24-22)15(3)25(4)12-16-8-6-5-7-14(16)2/h5-8,13,15H,9-12H2,1-4H3,(H,23,24,26)/t13-,15-/m1/s1. The zero-order valence-corrected chi connectivity index (χ0v) is 17.3. The normalized spacial score (nSPS) is 18.0. The van der Waals surface area contributed by atoms with Crippen LogP contribution in [0.1, 0.15) is 53.7 Å². The molecule has 3 aromatic rings. The Labute approximate surface area is 164 Å². The van der Waals surface area contributed by atoms with E-state index in [4.69, 9.17) is 4.98 Å². The molecule has 1 aliphatic carbocycles. The molecule has 5 heteroatoms. The Morgan fingerprint density at radius 2 is 2.15 bits per heavy atom. The number of nitrogens with one attached hydrogen (secondary N) is 1. The molecule has 4 rings (SSSR count). The molecule has 0 radical (unpaired) electrons. The van der Waals surface area contributed by atoms with Crippen molar-refractivity contribution < 1.29 is 0 Å². The van der Waals surface area contributed by atoms with Gasteiger partial charge in [0, 0.05) is 11.4 Å². The van der Waals surface area contributed by atoms with Crippen LogP contribution in [-0.2, 0) is 19.4 Å². The molecule has 0 bridgehead atoms. The third-order valence-corrected chi connectivity index (χ3v) is 7.07. The van der Waals surface area contributed by atoms with Crippen molar-refractivity contribution in [2.45, 2.75) is 52.6 Å². The smallest absolute Gasteiger partial charge is 0.259 e. The first-order valence-electron chi connectivity index (χ1n) is 9.73. The Balaban J connectivity index is 1.65. The van der Waals surface area contributed by atoms with E-state index in [0.29, 0.717) is 5.92 Å². The Morgan fingerprint density at radius 1 is 1.37 bits per heavy atom. The first-order chi connectivity index (χ1) is 12.9. The number of aromatic amines is 1. The fourth-order valence-electron chi connectivity index (χ4n) is 3.97. The van der Waals surface area contributed by atoms with Gasteiger partial charge in [-0.05, 0) is 62.8 Å². The summed E-state index contributed by atoms with van der Waals surface area (Å²) in [6.07, 6.45) is 3.24. The van der Waals surface area contributed by atoms with Crippen LogP contribution >= 0.6 is 11.3 Å². The molecule has 142 valence electrons. The molecule has 1 aliphatic rings. The third kappa shape index (κ3) is 3.46. The van der Waals surface area contributed by atoms with Crippen LogP contribution in [-0.4, -0.2) is 21.9 Å². The minimum atomic E-state index is 0.0261. The van der Waals surface area contributed by atoms with E-state index in [0.717, 1.165) is 41.8 Å². The average molecular weight is 382 g/mol. The largest absolute Gasteiger partial charge is 0.309 e. The number of aromatic nitrogens is 2. The molecule has 0 saturated heterocycles. The Morgan fingerprint density at radius 3 is 2.93 bits per heavy atom. The van der Waals surface area contributed by atoms with Crippen LogP contribution in [0, 0.1) is 12.8 Å². The molecule has 0 amide bonds. The van der Waals surface area contributed by atoms with Gasteiger partial charge in [0.1, 0.15) is 10.7 Å². The van der Waals surface area contributed by atoms with Crippen molar-refractivity contribution in [3.05, 3.63) is 62.0 Å². The number of fused-ring (bicyclic) bond motifs is 3. The van der Waals surface area contributed by atoms with Gasteiger partial charge in [-0.2, -0.15) is 0 Å². The topological polar surface area (TPSA) is 49.0 Å². The highest BCUT2D eigenvalue weighted by Crippen LogP contribution is 2.36.